The number of hydrogen-bond acceptors (Lipinski definition) is 8. The van der Waals surface area contributed by atoms with Gasteiger partial charge in [0.2, 0.25) is 0 Å². The first-order valence-electron chi connectivity index (χ1n) is 13.4. The van der Waals surface area contributed by atoms with Gasteiger partial charge in [0.05, 0.1) is 22.8 Å². The molecule has 6 aromatic heterocycles. The number of pyridine rings is 4. The summed E-state index contributed by atoms with van der Waals surface area (Å²) >= 11 is 0. The van der Waals surface area contributed by atoms with Gasteiger partial charge in [-0.05, 0) is 71.8 Å². The first kappa shape index (κ1) is 25.0. The molecule has 7 rings (SSSR count). The Labute approximate surface area is 241 Å². The van der Waals surface area contributed by atoms with Crippen LogP contribution in [0, 0.1) is 0 Å². The standard InChI is InChI=1S/C34H22N8/c1-5-17-35-27(9-1)31-21-25(33(41-39-31)29-11-3-7-19-37-29)23-13-15-24(16-14-23)26-22-32(28-10-2-6-18-36-28)40-42-34(26)30-12-4-8-20-38-30/h1-22H. The lowest BCUT2D eigenvalue weighted by Gasteiger charge is -2.13. The summed E-state index contributed by atoms with van der Waals surface area (Å²) in [6.07, 6.45) is 7.01. The lowest BCUT2D eigenvalue weighted by Crippen LogP contribution is -1.99. The molecule has 0 aliphatic carbocycles. The predicted molar refractivity (Wildman–Crippen MR) is 161 cm³/mol. The normalized spacial score (nSPS) is 10.9. The zero-order chi connectivity index (χ0) is 28.1. The van der Waals surface area contributed by atoms with Gasteiger partial charge in [-0.3, -0.25) is 19.9 Å². The predicted octanol–water partition coefficient (Wildman–Crippen LogP) is 6.85. The van der Waals surface area contributed by atoms with Crippen molar-refractivity contribution < 1.29 is 0 Å². The van der Waals surface area contributed by atoms with Crippen LogP contribution in [0.1, 0.15) is 0 Å². The molecule has 0 N–H and O–H groups in total. The number of rotatable bonds is 6. The first-order chi connectivity index (χ1) is 20.8. The Balaban J connectivity index is 1.35. The van der Waals surface area contributed by atoms with Gasteiger partial charge in [0.15, 0.2) is 0 Å². The maximum Gasteiger partial charge on any atom is 0.119 e. The highest BCUT2D eigenvalue weighted by molar-refractivity contribution is 5.85. The fourth-order valence-corrected chi connectivity index (χ4v) is 4.72. The van der Waals surface area contributed by atoms with Gasteiger partial charge in [-0.1, -0.05) is 48.5 Å². The number of benzene rings is 1. The molecule has 7 aromatic rings. The lowest BCUT2D eigenvalue weighted by molar-refractivity contribution is 1.03. The zero-order valence-corrected chi connectivity index (χ0v) is 22.3. The average molecular weight is 543 g/mol. The van der Waals surface area contributed by atoms with Crippen molar-refractivity contribution in [2.75, 3.05) is 0 Å². The van der Waals surface area contributed by atoms with Crippen molar-refractivity contribution in [3.05, 3.63) is 134 Å². The van der Waals surface area contributed by atoms with Crippen LogP contribution in [-0.2, 0) is 0 Å². The highest BCUT2D eigenvalue weighted by Crippen LogP contribution is 2.35. The van der Waals surface area contributed by atoms with Crippen LogP contribution in [0.2, 0.25) is 0 Å². The molecule has 8 heteroatoms. The topological polar surface area (TPSA) is 103 Å². The first-order valence-corrected chi connectivity index (χ1v) is 13.4. The van der Waals surface area contributed by atoms with Gasteiger partial charge >= 0.3 is 0 Å². The van der Waals surface area contributed by atoms with Crippen LogP contribution in [0.4, 0.5) is 0 Å². The van der Waals surface area contributed by atoms with Gasteiger partial charge in [0.1, 0.15) is 22.8 Å². The van der Waals surface area contributed by atoms with E-state index in [1.807, 2.05) is 84.9 Å². The van der Waals surface area contributed by atoms with E-state index in [0.29, 0.717) is 22.8 Å². The summed E-state index contributed by atoms with van der Waals surface area (Å²) in [5.41, 5.74) is 9.50. The minimum atomic E-state index is 0.685. The van der Waals surface area contributed by atoms with Gasteiger partial charge in [-0.2, -0.15) is 0 Å². The summed E-state index contributed by atoms with van der Waals surface area (Å²) in [4.78, 5) is 18.0. The van der Waals surface area contributed by atoms with Gasteiger partial charge in [0.25, 0.3) is 0 Å². The van der Waals surface area contributed by atoms with Crippen molar-refractivity contribution in [1.29, 1.82) is 0 Å². The Bertz CT molecular complexity index is 1800. The van der Waals surface area contributed by atoms with Crippen LogP contribution in [0.15, 0.2) is 134 Å². The van der Waals surface area contributed by atoms with Gasteiger partial charge in [0, 0.05) is 35.9 Å². The Morgan fingerprint density at radius 2 is 0.667 bits per heavy atom. The Hall–Kier alpha value is -6.02. The van der Waals surface area contributed by atoms with Crippen LogP contribution >= 0.6 is 0 Å². The SMILES string of the molecule is c1ccc(-c2cc(-c3ccc(-c4cc(-c5ccccn5)nnc4-c4ccccn4)cc3)c(-c3ccccn3)nn2)nc1. The van der Waals surface area contributed by atoms with Crippen molar-refractivity contribution >= 4 is 0 Å². The summed E-state index contributed by atoms with van der Waals surface area (Å²) < 4.78 is 0. The van der Waals surface area contributed by atoms with Crippen molar-refractivity contribution in [2.24, 2.45) is 0 Å². The van der Waals surface area contributed by atoms with Crippen LogP contribution in [0.25, 0.3) is 67.8 Å². The minimum absolute atomic E-state index is 0.685. The minimum Gasteiger partial charge on any atom is -0.255 e. The second kappa shape index (κ2) is 11.2. The summed E-state index contributed by atoms with van der Waals surface area (Å²) in [7, 11) is 0. The molecule has 6 heterocycles. The maximum absolute atomic E-state index is 4.60. The Morgan fingerprint density at radius 3 is 1.00 bits per heavy atom. The zero-order valence-electron chi connectivity index (χ0n) is 22.3. The molecule has 0 bridgehead atoms. The molecule has 0 fully saturated rings. The molecule has 1 aromatic carbocycles. The molecule has 198 valence electrons. The molecular weight excluding hydrogens is 520 g/mol. The van der Waals surface area contributed by atoms with Crippen LogP contribution < -0.4 is 0 Å². The van der Waals surface area contributed by atoms with E-state index in [2.05, 4.69) is 64.6 Å². The molecule has 0 saturated carbocycles. The molecule has 0 amide bonds. The average Bonchev–Trinajstić information content (AvgIpc) is 3.09. The van der Waals surface area contributed by atoms with Crippen LogP contribution in [0.5, 0.6) is 0 Å². The lowest BCUT2D eigenvalue weighted by atomic mass is 9.96. The third kappa shape index (κ3) is 5.00. The van der Waals surface area contributed by atoms with Gasteiger partial charge in [-0.25, -0.2) is 0 Å². The Kier molecular flexibility index (Phi) is 6.68. The highest BCUT2D eigenvalue weighted by Gasteiger charge is 2.17. The summed E-state index contributed by atoms with van der Waals surface area (Å²) in [5.74, 6) is 0. The summed E-state index contributed by atoms with van der Waals surface area (Å²) in [6.45, 7) is 0. The van der Waals surface area contributed by atoms with E-state index in [4.69, 9.17) is 0 Å². The molecule has 42 heavy (non-hydrogen) atoms. The largest absolute Gasteiger partial charge is 0.255 e. The number of nitrogens with zero attached hydrogens (tertiary/aromatic N) is 8. The maximum atomic E-state index is 4.60. The highest BCUT2D eigenvalue weighted by atomic mass is 15.1. The molecule has 8 nitrogen and oxygen atoms in total. The quantitative estimate of drug-likeness (QED) is 0.225. The van der Waals surface area contributed by atoms with Gasteiger partial charge in [-0.15, -0.1) is 20.4 Å². The third-order valence-corrected chi connectivity index (χ3v) is 6.76. The molecule has 0 unspecified atom stereocenters. The van der Waals surface area contributed by atoms with E-state index >= 15 is 0 Å². The molecule has 0 spiro atoms. The molecule has 0 aliphatic rings. The van der Waals surface area contributed by atoms with Crippen LogP contribution in [-0.4, -0.2) is 40.3 Å². The molecular formula is C34H22N8. The molecule has 0 aliphatic heterocycles. The van der Waals surface area contributed by atoms with E-state index < -0.39 is 0 Å². The number of aromatic nitrogens is 8. The van der Waals surface area contributed by atoms with Crippen LogP contribution in [0.3, 0.4) is 0 Å². The van der Waals surface area contributed by atoms with Crippen molar-refractivity contribution in [1.82, 2.24) is 40.3 Å². The summed E-state index contributed by atoms with van der Waals surface area (Å²) in [6, 6.07) is 35.3. The Morgan fingerprint density at radius 1 is 0.310 bits per heavy atom. The molecule has 0 radical (unpaired) electrons. The monoisotopic (exact) mass is 542 g/mol. The van der Waals surface area contributed by atoms with E-state index in [-0.39, 0.29) is 0 Å². The van der Waals surface area contributed by atoms with E-state index in [9.17, 15) is 0 Å². The summed E-state index contributed by atoms with van der Waals surface area (Å²) in [5, 5.41) is 18.1. The fraction of sp³-hybridized carbons (Fsp3) is 0. The van der Waals surface area contributed by atoms with Crippen molar-refractivity contribution in [2.45, 2.75) is 0 Å². The molecule has 0 saturated heterocycles. The van der Waals surface area contributed by atoms with E-state index in [0.717, 1.165) is 45.0 Å². The van der Waals surface area contributed by atoms with E-state index in [1.165, 1.54) is 0 Å². The van der Waals surface area contributed by atoms with Gasteiger partial charge < -0.3 is 0 Å². The van der Waals surface area contributed by atoms with Crippen molar-refractivity contribution in [3.63, 3.8) is 0 Å². The third-order valence-electron chi connectivity index (χ3n) is 6.76. The second-order valence-corrected chi connectivity index (χ2v) is 9.42. The smallest absolute Gasteiger partial charge is 0.119 e. The second-order valence-electron chi connectivity index (χ2n) is 9.42. The number of hydrogen-bond donors (Lipinski definition) is 0. The fourth-order valence-electron chi connectivity index (χ4n) is 4.72. The van der Waals surface area contributed by atoms with E-state index in [1.54, 1.807) is 24.8 Å². The van der Waals surface area contributed by atoms with Crippen molar-refractivity contribution in [3.8, 4) is 67.8 Å². The molecule has 0 atom stereocenters.